The van der Waals surface area contributed by atoms with E-state index in [1.165, 1.54) is 32.1 Å². The fourth-order valence-corrected chi connectivity index (χ4v) is 3.75. The van der Waals surface area contributed by atoms with Gasteiger partial charge in [-0.05, 0) is 51.6 Å². The van der Waals surface area contributed by atoms with Crippen molar-refractivity contribution in [3.8, 4) is 0 Å². The van der Waals surface area contributed by atoms with Crippen LogP contribution in [0, 0.1) is 11.8 Å². The third kappa shape index (κ3) is 1.59. The van der Waals surface area contributed by atoms with E-state index in [9.17, 15) is 0 Å². The molecule has 1 aliphatic carbocycles. The molecule has 0 amide bonds. The summed E-state index contributed by atoms with van der Waals surface area (Å²) in [6.45, 7) is 3.25. The van der Waals surface area contributed by atoms with E-state index in [1.807, 2.05) is 0 Å². The number of nitrogens with zero attached hydrogens (tertiary/aromatic N) is 1. The Morgan fingerprint density at radius 3 is 2.71 bits per heavy atom. The summed E-state index contributed by atoms with van der Waals surface area (Å²) in [7, 11) is 2.31. The van der Waals surface area contributed by atoms with E-state index in [0.717, 1.165) is 30.5 Å². The minimum Gasteiger partial charge on any atom is -0.330 e. The Morgan fingerprint density at radius 1 is 1.29 bits per heavy atom. The molecule has 2 rings (SSSR count). The minimum atomic E-state index is 0.756. The van der Waals surface area contributed by atoms with E-state index in [0.29, 0.717) is 0 Å². The van der Waals surface area contributed by atoms with Gasteiger partial charge in [-0.1, -0.05) is 12.8 Å². The Kier molecular flexibility index (Phi) is 3.13. The predicted octanol–water partition coefficient (Wildman–Crippen LogP) is 1.84. The van der Waals surface area contributed by atoms with Crippen LogP contribution in [0.15, 0.2) is 0 Å². The van der Waals surface area contributed by atoms with Crippen molar-refractivity contribution in [2.24, 2.45) is 17.6 Å². The quantitative estimate of drug-likeness (QED) is 0.730. The van der Waals surface area contributed by atoms with Crippen molar-refractivity contribution in [2.45, 2.75) is 51.1 Å². The number of hydrogen-bond donors (Lipinski definition) is 1. The zero-order valence-electron chi connectivity index (χ0n) is 9.58. The average Bonchev–Trinajstić information content (AvgIpc) is 2.45. The maximum Gasteiger partial charge on any atom is 0.0127 e. The van der Waals surface area contributed by atoms with Crippen LogP contribution in [0.5, 0.6) is 0 Å². The molecule has 0 aromatic carbocycles. The lowest BCUT2D eigenvalue weighted by Crippen LogP contribution is -2.34. The van der Waals surface area contributed by atoms with Gasteiger partial charge in [-0.15, -0.1) is 0 Å². The van der Waals surface area contributed by atoms with Gasteiger partial charge in [0, 0.05) is 12.1 Å². The lowest BCUT2D eigenvalue weighted by Gasteiger charge is -2.30. The Bertz CT molecular complexity index is 191. The van der Waals surface area contributed by atoms with Crippen LogP contribution in [-0.2, 0) is 0 Å². The second-order valence-electron chi connectivity index (χ2n) is 5.16. The fraction of sp³-hybridized carbons (Fsp3) is 1.00. The second-order valence-corrected chi connectivity index (χ2v) is 5.16. The van der Waals surface area contributed by atoms with Crippen molar-refractivity contribution >= 4 is 0 Å². The zero-order valence-corrected chi connectivity index (χ0v) is 9.58. The zero-order chi connectivity index (χ0) is 10.1. The number of hydrogen-bond acceptors (Lipinski definition) is 2. The summed E-state index contributed by atoms with van der Waals surface area (Å²) in [4.78, 5) is 2.62. The standard InChI is InChI=1S/C12H24N2/c1-9-10(7-8-13)11-5-3-4-6-12(11)14(9)2/h9-12H,3-8,13H2,1-2H3. The smallest absolute Gasteiger partial charge is 0.0127 e. The summed E-state index contributed by atoms with van der Waals surface area (Å²) < 4.78 is 0. The van der Waals surface area contributed by atoms with Crippen LogP contribution in [0.4, 0.5) is 0 Å². The van der Waals surface area contributed by atoms with Crippen molar-refractivity contribution in [1.82, 2.24) is 4.90 Å². The molecule has 0 spiro atoms. The molecule has 2 nitrogen and oxygen atoms in total. The largest absolute Gasteiger partial charge is 0.330 e. The minimum absolute atomic E-state index is 0.756. The highest BCUT2D eigenvalue weighted by Gasteiger charge is 2.44. The molecule has 0 radical (unpaired) electrons. The topological polar surface area (TPSA) is 29.3 Å². The van der Waals surface area contributed by atoms with Crippen LogP contribution in [-0.4, -0.2) is 30.6 Å². The van der Waals surface area contributed by atoms with E-state index in [-0.39, 0.29) is 0 Å². The summed E-state index contributed by atoms with van der Waals surface area (Å²) >= 11 is 0. The Balaban J connectivity index is 2.09. The Labute approximate surface area is 87.8 Å². The average molecular weight is 196 g/mol. The molecule has 82 valence electrons. The SMILES string of the molecule is CC1C(CCN)C2CCCCC2N1C. The molecule has 1 aliphatic heterocycles. The molecule has 2 N–H and O–H groups in total. The first kappa shape index (κ1) is 10.4. The van der Waals surface area contributed by atoms with Crippen LogP contribution < -0.4 is 5.73 Å². The van der Waals surface area contributed by atoms with Gasteiger partial charge in [0.25, 0.3) is 0 Å². The first-order valence-electron chi connectivity index (χ1n) is 6.17. The van der Waals surface area contributed by atoms with Gasteiger partial charge in [-0.3, -0.25) is 0 Å². The van der Waals surface area contributed by atoms with E-state index < -0.39 is 0 Å². The van der Waals surface area contributed by atoms with Crippen LogP contribution in [0.1, 0.15) is 39.0 Å². The van der Waals surface area contributed by atoms with E-state index in [2.05, 4.69) is 18.9 Å². The number of fused-ring (bicyclic) bond motifs is 1. The highest BCUT2D eigenvalue weighted by atomic mass is 15.2. The predicted molar refractivity (Wildman–Crippen MR) is 60.1 cm³/mol. The molecule has 4 atom stereocenters. The van der Waals surface area contributed by atoms with Crippen molar-refractivity contribution in [3.63, 3.8) is 0 Å². The summed E-state index contributed by atoms with van der Waals surface area (Å²) in [6.07, 6.45) is 6.99. The normalized spacial score (nSPS) is 43.9. The first-order valence-corrected chi connectivity index (χ1v) is 6.17. The summed E-state index contributed by atoms with van der Waals surface area (Å²) in [6, 6.07) is 1.63. The lowest BCUT2D eigenvalue weighted by atomic mass is 9.77. The van der Waals surface area contributed by atoms with Gasteiger partial charge in [0.2, 0.25) is 0 Å². The molecule has 0 bridgehead atoms. The maximum atomic E-state index is 5.72. The molecule has 1 heterocycles. The van der Waals surface area contributed by atoms with E-state index >= 15 is 0 Å². The molecule has 4 unspecified atom stereocenters. The molecule has 0 aromatic rings. The summed E-state index contributed by atoms with van der Waals surface area (Å²) in [5, 5.41) is 0. The Morgan fingerprint density at radius 2 is 2.00 bits per heavy atom. The van der Waals surface area contributed by atoms with Gasteiger partial charge >= 0.3 is 0 Å². The highest BCUT2D eigenvalue weighted by molar-refractivity contribution is 4.98. The highest BCUT2D eigenvalue weighted by Crippen LogP contribution is 2.43. The first-order chi connectivity index (χ1) is 6.75. The number of likely N-dealkylation sites (tertiary alicyclic amines) is 1. The third-order valence-electron chi connectivity index (χ3n) is 4.62. The number of nitrogens with two attached hydrogens (primary N) is 1. The van der Waals surface area contributed by atoms with E-state index in [1.54, 1.807) is 0 Å². The van der Waals surface area contributed by atoms with Gasteiger partial charge in [0.15, 0.2) is 0 Å². The van der Waals surface area contributed by atoms with Gasteiger partial charge < -0.3 is 10.6 Å². The van der Waals surface area contributed by atoms with Crippen molar-refractivity contribution in [1.29, 1.82) is 0 Å². The van der Waals surface area contributed by atoms with E-state index in [4.69, 9.17) is 5.73 Å². The molecule has 1 saturated carbocycles. The number of rotatable bonds is 2. The van der Waals surface area contributed by atoms with Crippen LogP contribution in [0.3, 0.4) is 0 Å². The van der Waals surface area contributed by atoms with Crippen LogP contribution in [0.25, 0.3) is 0 Å². The van der Waals surface area contributed by atoms with Gasteiger partial charge in [-0.2, -0.15) is 0 Å². The fourth-order valence-electron chi connectivity index (χ4n) is 3.75. The van der Waals surface area contributed by atoms with Crippen molar-refractivity contribution < 1.29 is 0 Å². The maximum absolute atomic E-state index is 5.72. The third-order valence-corrected chi connectivity index (χ3v) is 4.62. The molecule has 0 aromatic heterocycles. The van der Waals surface area contributed by atoms with Gasteiger partial charge in [0.1, 0.15) is 0 Å². The molecular weight excluding hydrogens is 172 g/mol. The molecular formula is C12H24N2. The Hall–Kier alpha value is -0.0800. The van der Waals surface area contributed by atoms with Crippen LogP contribution in [0.2, 0.25) is 0 Å². The van der Waals surface area contributed by atoms with Gasteiger partial charge in [0.05, 0.1) is 0 Å². The van der Waals surface area contributed by atoms with Crippen molar-refractivity contribution in [3.05, 3.63) is 0 Å². The molecule has 2 fully saturated rings. The summed E-state index contributed by atoms with van der Waals surface area (Å²) in [5.41, 5.74) is 5.72. The summed E-state index contributed by atoms with van der Waals surface area (Å²) in [5.74, 6) is 1.82. The monoisotopic (exact) mass is 196 g/mol. The molecule has 14 heavy (non-hydrogen) atoms. The molecule has 2 aliphatic rings. The van der Waals surface area contributed by atoms with Crippen LogP contribution >= 0.6 is 0 Å². The van der Waals surface area contributed by atoms with Crippen molar-refractivity contribution in [2.75, 3.05) is 13.6 Å². The second kappa shape index (κ2) is 4.19. The molecule has 2 heteroatoms. The molecule has 1 saturated heterocycles. The lowest BCUT2D eigenvalue weighted by molar-refractivity contribution is 0.192. The van der Waals surface area contributed by atoms with Gasteiger partial charge in [-0.25, -0.2) is 0 Å².